The van der Waals surface area contributed by atoms with Crippen LogP contribution in [0.15, 0.2) is 0 Å². The Kier molecular flexibility index (Phi) is 2.24. The molecule has 0 spiro atoms. The summed E-state index contributed by atoms with van der Waals surface area (Å²) in [6.07, 6.45) is 4.06. The summed E-state index contributed by atoms with van der Waals surface area (Å²) in [6.45, 7) is 3.98. The quantitative estimate of drug-likeness (QED) is 0.671. The van der Waals surface area contributed by atoms with E-state index in [1.54, 1.807) is 13.8 Å². The van der Waals surface area contributed by atoms with Crippen LogP contribution in [0.2, 0.25) is 0 Å². The molecule has 66 valence electrons. The molecule has 2 N–H and O–H groups in total. The van der Waals surface area contributed by atoms with E-state index in [1.165, 1.54) is 6.42 Å². The van der Waals surface area contributed by atoms with Gasteiger partial charge in [0.25, 0.3) is 0 Å². The van der Waals surface area contributed by atoms with E-state index >= 15 is 0 Å². The topological polar surface area (TPSA) is 26.0 Å². The molecule has 1 rings (SSSR count). The zero-order valence-corrected chi connectivity index (χ0v) is 7.49. The van der Waals surface area contributed by atoms with E-state index in [2.05, 4.69) is 0 Å². The number of halogens is 1. The first-order valence-corrected chi connectivity index (χ1v) is 4.41. The summed E-state index contributed by atoms with van der Waals surface area (Å²) in [4.78, 5) is 0. The van der Waals surface area contributed by atoms with Gasteiger partial charge in [0.15, 0.2) is 0 Å². The molecule has 1 saturated carbocycles. The molecule has 0 saturated heterocycles. The average Bonchev–Trinajstić information content (AvgIpc) is 1.75. The van der Waals surface area contributed by atoms with E-state index in [1.807, 2.05) is 0 Å². The number of hydrogen-bond donors (Lipinski definition) is 1. The molecule has 0 atom stereocenters. The van der Waals surface area contributed by atoms with Crippen LogP contribution in [-0.2, 0) is 0 Å². The number of alkyl halides is 1. The second-order valence-electron chi connectivity index (χ2n) is 4.15. The number of nitrogens with two attached hydrogens (primary N) is 1. The monoisotopic (exact) mass is 159 g/mol. The van der Waals surface area contributed by atoms with E-state index in [-0.39, 0.29) is 5.41 Å². The van der Waals surface area contributed by atoms with Crippen molar-refractivity contribution in [3.8, 4) is 0 Å². The zero-order chi connectivity index (χ0) is 8.54. The standard InChI is InChI=1S/C9H18FN/c1-8(2,10)9(6-7-11)4-3-5-9/h3-7,11H2,1-2H3. The summed E-state index contributed by atoms with van der Waals surface area (Å²) in [7, 11) is 0. The van der Waals surface area contributed by atoms with Crippen molar-refractivity contribution in [1.29, 1.82) is 0 Å². The van der Waals surface area contributed by atoms with Gasteiger partial charge in [-0.05, 0) is 39.7 Å². The Bertz CT molecular complexity index is 133. The third kappa shape index (κ3) is 1.41. The van der Waals surface area contributed by atoms with Crippen molar-refractivity contribution in [2.75, 3.05) is 6.54 Å². The molecular formula is C9H18FN. The molecule has 1 fully saturated rings. The molecule has 0 radical (unpaired) electrons. The molecule has 0 heterocycles. The van der Waals surface area contributed by atoms with Gasteiger partial charge in [0, 0.05) is 5.41 Å². The summed E-state index contributed by atoms with van der Waals surface area (Å²) in [6, 6.07) is 0. The molecule has 0 aromatic carbocycles. The Morgan fingerprint density at radius 2 is 2.00 bits per heavy atom. The average molecular weight is 159 g/mol. The highest BCUT2D eigenvalue weighted by molar-refractivity contribution is 4.99. The first-order valence-electron chi connectivity index (χ1n) is 4.41. The van der Waals surface area contributed by atoms with Crippen molar-refractivity contribution in [2.45, 2.75) is 45.2 Å². The first kappa shape index (κ1) is 8.98. The third-order valence-corrected chi connectivity index (χ3v) is 3.19. The van der Waals surface area contributed by atoms with Crippen LogP contribution < -0.4 is 5.73 Å². The second kappa shape index (κ2) is 2.74. The van der Waals surface area contributed by atoms with Gasteiger partial charge in [-0.1, -0.05) is 6.42 Å². The Balaban J connectivity index is 2.60. The van der Waals surface area contributed by atoms with Gasteiger partial charge >= 0.3 is 0 Å². The van der Waals surface area contributed by atoms with Gasteiger partial charge in [-0.3, -0.25) is 0 Å². The maximum Gasteiger partial charge on any atom is 0.111 e. The lowest BCUT2D eigenvalue weighted by Gasteiger charge is -2.49. The SMILES string of the molecule is CC(C)(F)C1(CCN)CCC1. The second-order valence-corrected chi connectivity index (χ2v) is 4.15. The minimum absolute atomic E-state index is 0.0816. The summed E-state index contributed by atoms with van der Waals surface area (Å²) >= 11 is 0. The molecule has 0 amide bonds. The molecule has 0 unspecified atom stereocenters. The molecule has 1 aliphatic rings. The van der Waals surface area contributed by atoms with Crippen molar-refractivity contribution in [3.05, 3.63) is 0 Å². The highest BCUT2D eigenvalue weighted by Crippen LogP contribution is 2.53. The van der Waals surface area contributed by atoms with Gasteiger partial charge in [0.05, 0.1) is 0 Å². The molecule has 11 heavy (non-hydrogen) atoms. The zero-order valence-electron chi connectivity index (χ0n) is 7.49. The Morgan fingerprint density at radius 3 is 2.09 bits per heavy atom. The minimum atomic E-state index is -1.04. The van der Waals surface area contributed by atoms with E-state index in [4.69, 9.17) is 5.73 Å². The van der Waals surface area contributed by atoms with Crippen LogP contribution in [0.1, 0.15) is 39.5 Å². The summed E-state index contributed by atoms with van der Waals surface area (Å²) in [5, 5.41) is 0. The van der Waals surface area contributed by atoms with Crippen LogP contribution in [0.3, 0.4) is 0 Å². The van der Waals surface area contributed by atoms with E-state index < -0.39 is 5.67 Å². The summed E-state index contributed by atoms with van der Waals surface area (Å²) in [5.74, 6) is 0. The third-order valence-electron chi connectivity index (χ3n) is 3.19. The van der Waals surface area contributed by atoms with Gasteiger partial charge in [-0.25, -0.2) is 4.39 Å². The first-order chi connectivity index (χ1) is 5.02. The molecule has 0 aliphatic heterocycles. The fourth-order valence-electron chi connectivity index (χ4n) is 2.02. The highest BCUT2D eigenvalue weighted by Gasteiger charge is 2.48. The normalized spacial score (nSPS) is 22.9. The van der Waals surface area contributed by atoms with Gasteiger partial charge < -0.3 is 5.73 Å². The van der Waals surface area contributed by atoms with Crippen LogP contribution in [-0.4, -0.2) is 12.2 Å². The number of rotatable bonds is 3. The lowest BCUT2D eigenvalue weighted by Crippen LogP contribution is -2.46. The van der Waals surface area contributed by atoms with E-state index in [0.717, 1.165) is 19.3 Å². The van der Waals surface area contributed by atoms with Crippen molar-refractivity contribution in [1.82, 2.24) is 0 Å². The Labute approximate surface area is 68.2 Å². The predicted octanol–water partition coefficient (Wildman–Crippen LogP) is 2.25. The Hall–Kier alpha value is -0.110. The van der Waals surface area contributed by atoms with Crippen molar-refractivity contribution in [3.63, 3.8) is 0 Å². The van der Waals surface area contributed by atoms with Gasteiger partial charge in [0.1, 0.15) is 5.67 Å². The van der Waals surface area contributed by atoms with Crippen LogP contribution >= 0.6 is 0 Å². The fraction of sp³-hybridized carbons (Fsp3) is 1.00. The molecule has 0 aromatic heterocycles. The molecular weight excluding hydrogens is 141 g/mol. The fourth-order valence-corrected chi connectivity index (χ4v) is 2.02. The number of hydrogen-bond acceptors (Lipinski definition) is 1. The molecule has 2 heteroatoms. The summed E-state index contributed by atoms with van der Waals surface area (Å²) in [5.41, 5.74) is 4.34. The van der Waals surface area contributed by atoms with E-state index in [9.17, 15) is 4.39 Å². The lowest BCUT2D eigenvalue weighted by atomic mass is 9.59. The molecule has 0 bridgehead atoms. The summed E-state index contributed by atoms with van der Waals surface area (Å²) < 4.78 is 13.6. The molecule has 0 aromatic rings. The van der Waals surface area contributed by atoms with Gasteiger partial charge in [0.2, 0.25) is 0 Å². The molecule has 1 nitrogen and oxygen atoms in total. The molecule has 1 aliphatic carbocycles. The minimum Gasteiger partial charge on any atom is -0.330 e. The van der Waals surface area contributed by atoms with Crippen LogP contribution in [0, 0.1) is 5.41 Å². The largest absolute Gasteiger partial charge is 0.330 e. The van der Waals surface area contributed by atoms with Gasteiger partial charge in [-0.2, -0.15) is 0 Å². The van der Waals surface area contributed by atoms with Crippen molar-refractivity contribution < 1.29 is 4.39 Å². The Morgan fingerprint density at radius 1 is 1.45 bits per heavy atom. The maximum atomic E-state index is 13.6. The highest BCUT2D eigenvalue weighted by atomic mass is 19.1. The maximum absolute atomic E-state index is 13.6. The van der Waals surface area contributed by atoms with Crippen LogP contribution in [0.25, 0.3) is 0 Å². The van der Waals surface area contributed by atoms with Crippen LogP contribution in [0.4, 0.5) is 4.39 Å². The smallest absolute Gasteiger partial charge is 0.111 e. The van der Waals surface area contributed by atoms with Crippen molar-refractivity contribution in [2.24, 2.45) is 11.1 Å². The van der Waals surface area contributed by atoms with Gasteiger partial charge in [-0.15, -0.1) is 0 Å². The predicted molar refractivity (Wildman–Crippen MR) is 45.1 cm³/mol. The lowest BCUT2D eigenvalue weighted by molar-refractivity contribution is -0.0481. The van der Waals surface area contributed by atoms with E-state index in [0.29, 0.717) is 6.54 Å². The van der Waals surface area contributed by atoms with Crippen molar-refractivity contribution >= 4 is 0 Å². The van der Waals surface area contributed by atoms with Crippen LogP contribution in [0.5, 0.6) is 0 Å².